The Morgan fingerprint density at radius 1 is 0.919 bits per heavy atom. The molecule has 0 amide bonds. The molecule has 37 heavy (non-hydrogen) atoms. The van der Waals surface area contributed by atoms with Gasteiger partial charge in [-0.25, -0.2) is 8.42 Å². The van der Waals surface area contributed by atoms with Gasteiger partial charge in [0.05, 0.1) is 28.7 Å². The van der Waals surface area contributed by atoms with E-state index in [0.29, 0.717) is 9.82 Å². The zero-order valence-electron chi connectivity index (χ0n) is 19.5. The fourth-order valence-corrected chi connectivity index (χ4v) is 5.98. The number of hydrazone groups is 1. The number of guanidine groups is 1. The number of nitrogens with two attached hydrogens (primary N) is 2. The summed E-state index contributed by atoms with van der Waals surface area (Å²) in [5.41, 5.74) is 11.3. The van der Waals surface area contributed by atoms with Crippen LogP contribution in [0.5, 0.6) is 0 Å². The Morgan fingerprint density at radius 3 is 2.03 bits per heavy atom. The number of carboxylic acids is 1. The van der Waals surface area contributed by atoms with Gasteiger partial charge < -0.3 is 16.6 Å². The van der Waals surface area contributed by atoms with Gasteiger partial charge in [-0.2, -0.15) is 12.8 Å². The number of benzene rings is 3. The van der Waals surface area contributed by atoms with Gasteiger partial charge in [-0.15, -0.1) is 5.10 Å². The highest BCUT2D eigenvalue weighted by molar-refractivity contribution is 7.95. The number of nitrogens with zero attached hydrogens (tertiary/aromatic N) is 3. The first-order valence-corrected chi connectivity index (χ1v) is 13.7. The van der Waals surface area contributed by atoms with Gasteiger partial charge in [0.2, 0.25) is 5.96 Å². The molecule has 0 saturated carbocycles. The van der Waals surface area contributed by atoms with Crippen molar-refractivity contribution >= 4 is 43.4 Å². The molecule has 0 fully saturated rings. The molecule has 3 aromatic rings. The van der Waals surface area contributed by atoms with E-state index in [1.54, 1.807) is 24.3 Å². The molecule has 13 heteroatoms. The molecule has 1 unspecified atom stereocenters. The van der Waals surface area contributed by atoms with Crippen molar-refractivity contribution < 1.29 is 26.7 Å². The summed E-state index contributed by atoms with van der Waals surface area (Å²) in [6.45, 7) is 3.37. The zero-order chi connectivity index (χ0) is 27.2. The number of para-hydroxylation sites is 1. The van der Waals surface area contributed by atoms with Gasteiger partial charge in [0, 0.05) is 5.41 Å². The molecule has 0 heterocycles. The lowest BCUT2D eigenvalue weighted by molar-refractivity contribution is -0.137. The van der Waals surface area contributed by atoms with E-state index in [1.165, 1.54) is 60.7 Å². The van der Waals surface area contributed by atoms with E-state index in [9.17, 15) is 26.7 Å². The summed E-state index contributed by atoms with van der Waals surface area (Å²) < 4.78 is 54.4. The third-order valence-corrected chi connectivity index (χ3v) is 8.15. The van der Waals surface area contributed by atoms with Crippen molar-refractivity contribution in [2.24, 2.45) is 16.6 Å². The number of anilines is 2. The molecule has 11 nitrogen and oxygen atoms in total. The van der Waals surface area contributed by atoms with Gasteiger partial charge in [0.25, 0.3) is 20.0 Å². The minimum atomic E-state index is -4.30. The molecule has 0 bridgehead atoms. The van der Waals surface area contributed by atoms with Crippen LogP contribution in [0.1, 0.15) is 18.0 Å². The molecule has 0 spiro atoms. The van der Waals surface area contributed by atoms with E-state index in [-0.39, 0.29) is 21.8 Å². The third-order valence-electron chi connectivity index (χ3n) is 5.10. The molecule has 3 rings (SSSR count). The lowest BCUT2D eigenvalue weighted by Gasteiger charge is -2.32. The SMILES string of the molecule is C=CS(=O)(=O)N(c1ccccc1)C(CC(=O)O)c1cccc(N(N=C(N)N)S(=O)(=O)c2ccccc2)c1. The minimum Gasteiger partial charge on any atom is -0.481 e. The molecular weight excluding hydrogens is 518 g/mol. The van der Waals surface area contributed by atoms with Crippen molar-refractivity contribution in [3.63, 3.8) is 0 Å². The molecular formula is C24H25N5O6S2. The van der Waals surface area contributed by atoms with Crippen molar-refractivity contribution in [3.05, 3.63) is 102 Å². The molecule has 1 atom stereocenters. The Kier molecular flexibility index (Phi) is 8.20. The summed E-state index contributed by atoms with van der Waals surface area (Å²) in [6, 6.07) is 19.6. The van der Waals surface area contributed by atoms with Gasteiger partial charge in [0.15, 0.2) is 0 Å². The van der Waals surface area contributed by atoms with E-state index >= 15 is 0 Å². The largest absolute Gasteiger partial charge is 0.481 e. The molecule has 0 aliphatic carbocycles. The summed E-state index contributed by atoms with van der Waals surface area (Å²) in [6.07, 6.45) is -0.640. The Balaban J connectivity index is 2.23. The predicted octanol–water partition coefficient (Wildman–Crippen LogP) is 2.57. The molecule has 0 aliphatic heterocycles. The van der Waals surface area contributed by atoms with E-state index in [1.807, 2.05) is 0 Å². The Labute approximate surface area is 215 Å². The van der Waals surface area contributed by atoms with Crippen LogP contribution in [-0.4, -0.2) is 33.9 Å². The first-order chi connectivity index (χ1) is 17.5. The van der Waals surface area contributed by atoms with Crippen LogP contribution >= 0.6 is 0 Å². The van der Waals surface area contributed by atoms with Gasteiger partial charge >= 0.3 is 5.97 Å². The smallest absolute Gasteiger partial charge is 0.305 e. The van der Waals surface area contributed by atoms with E-state index in [0.717, 1.165) is 4.31 Å². The molecule has 5 N–H and O–H groups in total. The average molecular weight is 544 g/mol. The maximum Gasteiger partial charge on any atom is 0.305 e. The highest BCUT2D eigenvalue weighted by atomic mass is 32.2. The number of aliphatic carboxylic acids is 1. The van der Waals surface area contributed by atoms with Crippen LogP contribution in [-0.2, 0) is 24.8 Å². The van der Waals surface area contributed by atoms with Crippen LogP contribution in [0.2, 0.25) is 0 Å². The Bertz CT molecular complexity index is 1510. The second kappa shape index (κ2) is 11.1. The number of hydrogen-bond donors (Lipinski definition) is 3. The second-order valence-corrected chi connectivity index (χ2v) is 11.2. The monoisotopic (exact) mass is 543 g/mol. The normalized spacial score (nSPS) is 12.2. The fraction of sp³-hybridized carbons (Fsp3) is 0.0833. The summed E-state index contributed by atoms with van der Waals surface area (Å²) >= 11 is 0. The quantitative estimate of drug-likeness (QED) is 0.188. The molecule has 194 valence electrons. The second-order valence-electron chi connectivity index (χ2n) is 7.64. The van der Waals surface area contributed by atoms with Crippen molar-refractivity contribution in [1.82, 2.24) is 0 Å². The molecule has 0 aliphatic rings. The van der Waals surface area contributed by atoms with Crippen LogP contribution in [0.4, 0.5) is 11.4 Å². The summed E-state index contributed by atoms with van der Waals surface area (Å²) in [4.78, 5) is 11.7. The van der Waals surface area contributed by atoms with E-state index < -0.39 is 44.4 Å². The summed E-state index contributed by atoms with van der Waals surface area (Å²) in [7, 11) is -8.49. The van der Waals surface area contributed by atoms with Crippen LogP contribution < -0.4 is 20.2 Å². The molecule has 0 aromatic heterocycles. The first kappa shape index (κ1) is 27.2. The van der Waals surface area contributed by atoms with Crippen molar-refractivity contribution in [1.29, 1.82) is 0 Å². The Hall–Kier alpha value is -4.36. The molecule has 0 saturated heterocycles. The Morgan fingerprint density at radius 2 is 1.49 bits per heavy atom. The third kappa shape index (κ3) is 6.26. The number of sulfonamides is 2. The molecule has 0 radical (unpaired) electrons. The standard InChI is InChI=1S/C24H25N5O6S2/c1-2-36(32,33)28(19-11-5-3-6-12-19)22(17-23(30)31)18-10-9-13-20(16-18)29(27-24(25)26)37(34,35)21-14-7-4-8-15-21/h2-16,22H,1,17H2,(H,30,31)(H4,25,26,27). The fourth-order valence-electron chi connectivity index (χ4n) is 3.56. The summed E-state index contributed by atoms with van der Waals surface area (Å²) in [5.74, 6) is -1.83. The predicted molar refractivity (Wildman–Crippen MR) is 141 cm³/mol. The van der Waals surface area contributed by atoms with Gasteiger partial charge in [0.1, 0.15) is 0 Å². The lowest BCUT2D eigenvalue weighted by Crippen LogP contribution is -2.35. The zero-order valence-corrected chi connectivity index (χ0v) is 21.1. The van der Waals surface area contributed by atoms with Gasteiger partial charge in [-0.3, -0.25) is 9.10 Å². The van der Waals surface area contributed by atoms with Crippen LogP contribution in [0, 0.1) is 0 Å². The maximum atomic E-state index is 13.4. The van der Waals surface area contributed by atoms with E-state index in [2.05, 4.69) is 11.7 Å². The minimum absolute atomic E-state index is 0.0471. The highest BCUT2D eigenvalue weighted by Gasteiger charge is 2.33. The maximum absolute atomic E-state index is 13.4. The average Bonchev–Trinajstić information content (AvgIpc) is 2.87. The highest BCUT2D eigenvalue weighted by Crippen LogP contribution is 2.35. The van der Waals surface area contributed by atoms with Crippen molar-refractivity contribution in [2.45, 2.75) is 17.4 Å². The van der Waals surface area contributed by atoms with E-state index in [4.69, 9.17) is 11.5 Å². The van der Waals surface area contributed by atoms with Crippen LogP contribution in [0.3, 0.4) is 0 Å². The van der Waals surface area contributed by atoms with Crippen LogP contribution in [0.25, 0.3) is 0 Å². The molecule has 3 aromatic carbocycles. The van der Waals surface area contributed by atoms with Crippen molar-refractivity contribution in [2.75, 3.05) is 8.72 Å². The number of rotatable bonds is 11. The summed E-state index contributed by atoms with van der Waals surface area (Å²) in [5, 5.41) is 14.1. The van der Waals surface area contributed by atoms with Gasteiger partial charge in [-0.05, 0) is 42.0 Å². The van der Waals surface area contributed by atoms with Crippen LogP contribution in [0.15, 0.2) is 107 Å². The number of hydrogen-bond acceptors (Lipinski definition) is 6. The lowest BCUT2D eigenvalue weighted by atomic mass is 10.0. The van der Waals surface area contributed by atoms with Crippen molar-refractivity contribution in [3.8, 4) is 0 Å². The number of carbonyl (C=O) groups is 1. The van der Waals surface area contributed by atoms with Gasteiger partial charge in [-0.1, -0.05) is 55.1 Å². The first-order valence-electron chi connectivity index (χ1n) is 10.7. The topological polar surface area (TPSA) is 176 Å². The number of carboxylic acid groups (broad SMARTS) is 1.